The topological polar surface area (TPSA) is 129 Å². The molecule has 0 amide bonds. The molecular formula is C10H22O9SSi. The molecule has 11 heteroatoms. The smallest absolute Gasteiger partial charge is 0.463 e. The quantitative estimate of drug-likeness (QED) is 0.215. The Morgan fingerprint density at radius 1 is 1.14 bits per heavy atom. The predicted octanol–water partition coefficient (Wildman–Crippen LogP) is 0.721. The standard InChI is InChI=1S/C10H20O5Si.H2O4S/c1-5-7-10(11)15-8-6-9-16(12-2,13-3)14-4;1-5(2,3)4/h5,7H,6,8-9H2,1-4H3;(H2,1,2,3,4). The van der Waals surface area contributed by atoms with E-state index < -0.39 is 19.2 Å². The molecule has 0 aliphatic heterocycles. The molecule has 0 heterocycles. The Hall–Kier alpha value is -0.823. The summed E-state index contributed by atoms with van der Waals surface area (Å²) in [4.78, 5) is 11.0. The molecule has 0 aromatic rings. The van der Waals surface area contributed by atoms with Crippen LogP contribution in [-0.4, -0.2) is 60.2 Å². The Labute approximate surface area is 125 Å². The van der Waals surface area contributed by atoms with Crippen molar-refractivity contribution < 1.29 is 40.3 Å². The van der Waals surface area contributed by atoms with Crippen LogP contribution in [0, 0.1) is 0 Å². The second-order valence-corrected chi connectivity index (χ2v) is 7.50. The van der Waals surface area contributed by atoms with Crippen molar-refractivity contribution in [3.05, 3.63) is 12.2 Å². The molecule has 0 bridgehead atoms. The van der Waals surface area contributed by atoms with Gasteiger partial charge < -0.3 is 18.0 Å². The van der Waals surface area contributed by atoms with Crippen molar-refractivity contribution in [1.82, 2.24) is 0 Å². The summed E-state index contributed by atoms with van der Waals surface area (Å²) in [5, 5.41) is 0. The minimum atomic E-state index is -4.67. The van der Waals surface area contributed by atoms with Crippen LogP contribution in [0.2, 0.25) is 6.04 Å². The van der Waals surface area contributed by atoms with Crippen LogP contribution in [0.15, 0.2) is 12.2 Å². The van der Waals surface area contributed by atoms with E-state index in [0.29, 0.717) is 19.1 Å². The van der Waals surface area contributed by atoms with Crippen LogP contribution < -0.4 is 0 Å². The number of esters is 1. The van der Waals surface area contributed by atoms with Crippen molar-refractivity contribution in [3.8, 4) is 0 Å². The van der Waals surface area contributed by atoms with Crippen molar-refractivity contribution in [2.75, 3.05) is 27.9 Å². The molecule has 0 aromatic carbocycles. The van der Waals surface area contributed by atoms with Crippen LogP contribution in [0.25, 0.3) is 0 Å². The number of ether oxygens (including phenoxy) is 1. The first-order valence-electron chi connectivity index (χ1n) is 5.79. The van der Waals surface area contributed by atoms with Gasteiger partial charge in [0.2, 0.25) is 0 Å². The molecule has 2 N–H and O–H groups in total. The predicted molar refractivity (Wildman–Crippen MR) is 76.2 cm³/mol. The zero-order valence-corrected chi connectivity index (χ0v) is 14.3. The maximum absolute atomic E-state index is 11.0. The monoisotopic (exact) mass is 346 g/mol. The van der Waals surface area contributed by atoms with E-state index in [1.807, 2.05) is 0 Å². The van der Waals surface area contributed by atoms with Crippen molar-refractivity contribution in [1.29, 1.82) is 0 Å². The molecule has 0 saturated carbocycles. The summed E-state index contributed by atoms with van der Waals surface area (Å²) < 4.78 is 52.2. The summed E-state index contributed by atoms with van der Waals surface area (Å²) in [6.07, 6.45) is 3.68. The van der Waals surface area contributed by atoms with Crippen LogP contribution in [0.3, 0.4) is 0 Å². The van der Waals surface area contributed by atoms with Gasteiger partial charge in [0.15, 0.2) is 0 Å². The molecule has 0 aliphatic carbocycles. The maximum atomic E-state index is 11.0. The Morgan fingerprint density at radius 3 is 1.90 bits per heavy atom. The van der Waals surface area contributed by atoms with Crippen LogP contribution in [0.1, 0.15) is 13.3 Å². The van der Waals surface area contributed by atoms with Gasteiger partial charge in [-0.1, -0.05) is 6.08 Å². The first kappa shape index (κ1) is 22.5. The summed E-state index contributed by atoms with van der Waals surface area (Å²) in [5.41, 5.74) is 0. The van der Waals surface area contributed by atoms with Gasteiger partial charge in [-0.2, -0.15) is 8.42 Å². The van der Waals surface area contributed by atoms with Crippen molar-refractivity contribution >= 4 is 25.2 Å². The van der Waals surface area contributed by atoms with E-state index in [9.17, 15) is 4.79 Å². The van der Waals surface area contributed by atoms with Crippen LogP contribution in [0.5, 0.6) is 0 Å². The molecule has 0 saturated heterocycles. The second kappa shape index (κ2) is 11.8. The van der Waals surface area contributed by atoms with Gasteiger partial charge in [0.05, 0.1) is 6.61 Å². The first-order chi connectivity index (χ1) is 9.64. The third-order valence-electron chi connectivity index (χ3n) is 2.11. The van der Waals surface area contributed by atoms with E-state index >= 15 is 0 Å². The Bertz CT molecular complexity index is 386. The largest absolute Gasteiger partial charge is 0.500 e. The zero-order chi connectivity index (χ0) is 16.9. The van der Waals surface area contributed by atoms with Gasteiger partial charge >= 0.3 is 25.2 Å². The van der Waals surface area contributed by atoms with Gasteiger partial charge in [0.1, 0.15) is 0 Å². The van der Waals surface area contributed by atoms with Crippen molar-refractivity contribution in [2.24, 2.45) is 0 Å². The molecule has 21 heavy (non-hydrogen) atoms. The average molecular weight is 346 g/mol. The zero-order valence-electron chi connectivity index (χ0n) is 12.4. The lowest BCUT2D eigenvalue weighted by atomic mass is 10.5. The third-order valence-corrected chi connectivity index (χ3v) is 4.94. The highest BCUT2D eigenvalue weighted by Crippen LogP contribution is 2.14. The SMILES string of the molecule is CC=CC(=O)OCCC[Si](OC)(OC)OC.O=S(=O)(O)O. The van der Waals surface area contributed by atoms with E-state index in [2.05, 4.69) is 0 Å². The molecule has 0 aliphatic rings. The molecule has 0 aromatic heterocycles. The Balaban J connectivity index is 0. The van der Waals surface area contributed by atoms with E-state index in [4.69, 9.17) is 35.5 Å². The van der Waals surface area contributed by atoms with Gasteiger partial charge in [0, 0.05) is 33.4 Å². The molecule has 126 valence electrons. The second-order valence-electron chi connectivity index (χ2n) is 3.51. The van der Waals surface area contributed by atoms with Gasteiger partial charge in [-0.05, 0) is 13.3 Å². The molecule has 0 rings (SSSR count). The Kier molecular flexibility index (Phi) is 12.6. The summed E-state index contributed by atoms with van der Waals surface area (Å²) in [7, 11) is -2.50. The van der Waals surface area contributed by atoms with Crippen molar-refractivity contribution in [2.45, 2.75) is 19.4 Å². The first-order valence-corrected chi connectivity index (χ1v) is 9.11. The fourth-order valence-corrected chi connectivity index (χ4v) is 2.89. The number of carbonyl (C=O) groups excluding carboxylic acids is 1. The molecule has 0 unspecified atom stereocenters. The number of rotatable bonds is 8. The molecule has 0 spiro atoms. The van der Waals surface area contributed by atoms with E-state index in [0.717, 1.165) is 0 Å². The van der Waals surface area contributed by atoms with Gasteiger partial charge in [-0.3, -0.25) is 9.11 Å². The van der Waals surface area contributed by atoms with Gasteiger partial charge in [-0.15, -0.1) is 0 Å². The van der Waals surface area contributed by atoms with Gasteiger partial charge in [-0.25, -0.2) is 4.79 Å². The van der Waals surface area contributed by atoms with E-state index in [1.54, 1.807) is 34.3 Å². The highest BCUT2D eigenvalue weighted by atomic mass is 32.3. The molecule has 0 radical (unpaired) electrons. The summed E-state index contributed by atoms with van der Waals surface area (Å²) in [6.45, 7) is 2.11. The summed E-state index contributed by atoms with van der Waals surface area (Å²) >= 11 is 0. The maximum Gasteiger partial charge on any atom is 0.500 e. The number of allylic oxidation sites excluding steroid dienone is 1. The highest BCUT2D eigenvalue weighted by Gasteiger charge is 2.36. The average Bonchev–Trinajstić information content (AvgIpc) is 2.38. The molecule has 0 atom stereocenters. The third kappa shape index (κ3) is 15.4. The normalized spacial score (nSPS) is 11.9. The summed E-state index contributed by atoms with van der Waals surface area (Å²) in [5.74, 6) is -0.331. The van der Waals surface area contributed by atoms with Crippen LogP contribution in [0.4, 0.5) is 0 Å². The number of carbonyl (C=O) groups is 1. The van der Waals surface area contributed by atoms with Crippen LogP contribution >= 0.6 is 0 Å². The molecular weight excluding hydrogens is 324 g/mol. The lowest BCUT2D eigenvalue weighted by molar-refractivity contribution is -0.137. The van der Waals surface area contributed by atoms with E-state index in [1.165, 1.54) is 6.08 Å². The van der Waals surface area contributed by atoms with E-state index in [-0.39, 0.29) is 5.97 Å². The minimum absolute atomic E-state index is 0.331. The van der Waals surface area contributed by atoms with Gasteiger partial charge in [0.25, 0.3) is 0 Å². The highest BCUT2D eigenvalue weighted by molar-refractivity contribution is 7.79. The molecule has 0 fully saturated rings. The fraction of sp³-hybridized carbons (Fsp3) is 0.700. The lowest BCUT2D eigenvalue weighted by Gasteiger charge is -2.23. The minimum Gasteiger partial charge on any atom is -0.463 e. The number of hydrogen-bond acceptors (Lipinski definition) is 7. The summed E-state index contributed by atoms with van der Waals surface area (Å²) in [6, 6.07) is 0.625. The Morgan fingerprint density at radius 2 is 1.57 bits per heavy atom. The lowest BCUT2D eigenvalue weighted by Crippen LogP contribution is -2.42. The molecule has 9 nitrogen and oxygen atoms in total. The van der Waals surface area contributed by atoms with Crippen LogP contribution in [-0.2, 0) is 33.2 Å². The fourth-order valence-electron chi connectivity index (χ4n) is 1.20. The van der Waals surface area contributed by atoms with Crippen molar-refractivity contribution in [3.63, 3.8) is 0 Å². The number of hydrogen-bond donors (Lipinski definition) is 2.